The van der Waals surface area contributed by atoms with Crippen molar-refractivity contribution in [3.63, 3.8) is 0 Å². The van der Waals surface area contributed by atoms with Crippen LogP contribution < -0.4 is 5.32 Å². The summed E-state index contributed by atoms with van der Waals surface area (Å²) in [7, 11) is 0. The Morgan fingerprint density at radius 1 is 1.85 bits per heavy atom. The lowest BCUT2D eigenvalue weighted by Crippen LogP contribution is -2.21. The summed E-state index contributed by atoms with van der Waals surface area (Å²) in [5.74, 6) is -0.261. The summed E-state index contributed by atoms with van der Waals surface area (Å²) in [4.78, 5) is 10.9. The topological polar surface area (TPSA) is 81.6 Å². The highest BCUT2D eigenvalue weighted by Gasteiger charge is 2.02. The molecule has 0 spiro atoms. The van der Waals surface area contributed by atoms with E-state index in [0.29, 0.717) is 6.54 Å². The number of nitrogens with one attached hydrogen (secondary N) is 2. The third-order valence-electron chi connectivity index (χ3n) is 1.65. The summed E-state index contributed by atoms with van der Waals surface area (Å²) < 4.78 is 0. The third-order valence-corrected chi connectivity index (χ3v) is 1.65. The Morgan fingerprint density at radius 3 is 3.15 bits per heavy atom. The molecule has 1 heterocycles. The minimum absolute atomic E-state index is 0.100. The maximum absolute atomic E-state index is 10.9. The lowest BCUT2D eigenvalue weighted by Gasteiger charge is -2.00. The van der Waals surface area contributed by atoms with Crippen LogP contribution in [0.2, 0.25) is 0 Å². The molecule has 0 atom stereocenters. The molecule has 0 saturated heterocycles. The van der Waals surface area contributed by atoms with Crippen molar-refractivity contribution >= 4 is 5.91 Å². The van der Waals surface area contributed by atoms with Gasteiger partial charge in [0.25, 0.3) is 0 Å². The second kappa shape index (κ2) is 4.26. The molecule has 0 aromatic carbocycles. The minimum atomic E-state index is -0.261. The summed E-state index contributed by atoms with van der Waals surface area (Å²) in [6.07, 6.45) is 1.55. The van der Waals surface area contributed by atoms with E-state index in [9.17, 15) is 4.79 Å². The Kier molecular flexibility index (Phi) is 3.03. The van der Waals surface area contributed by atoms with E-state index < -0.39 is 0 Å². The smallest absolute Gasteiger partial charge is 0.234 e. The van der Waals surface area contributed by atoms with Crippen molar-refractivity contribution in [3.8, 4) is 6.07 Å². The molecule has 2 N–H and O–H groups in total. The Hall–Kier alpha value is -1.83. The highest BCUT2D eigenvalue weighted by Crippen LogP contribution is 2.00. The normalized spacial score (nSPS) is 9.23. The number of hydrogen-bond donors (Lipinski definition) is 2. The summed E-state index contributed by atoms with van der Waals surface area (Å²) in [6, 6.07) is 1.78. The van der Waals surface area contributed by atoms with E-state index in [2.05, 4.69) is 15.5 Å². The van der Waals surface area contributed by atoms with Crippen LogP contribution in [0.5, 0.6) is 0 Å². The van der Waals surface area contributed by atoms with Crippen LogP contribution in [-0.4, -0.2) is 16.1 Å². The number of aromatic amines is 1. The van der Waals surface area contributed by atoms with Crippen molar-refractivity contribution < 1.29 is 4.79 Å². The standard InChI is InChI=1S/C8H10N4O/c1-6-7(5-11-12-6)4-10-8(13)2-3-9/h5H,2,4H2,1H3,(H,10,13)(H,11,12). The number of rotatable bonds is 3. The number of H-pyrrole nitrogens is 1. The van der Waals surface area contributed by atoms with Crippen molar-refractivity contribution in [3.05, 3.63) is 17.5 Å². The SMILES string of the molecule is Cc1[nH]ncc1CNC(=O)CC#N. The lowest BCUT2D eigenvalue weighted by molar-refractivity contribution is -0.120. The number of hydrogen-bond acceptors (Lipinski definition) is 3. The van der Waals surface area contributed by atoms with Gasteiger partial charge in [-0.3, -0.25) is 9.89 Å². The summed E-state index contributed by atoms with van der Waals surface area (Å²) in [6.45, 7) is 2.29. The quantitative estimate of drug-likeness (QED) is 0.696. The van der Waals surface area contributed by atoms with E-state index in [1.165, 1.54) is 0 Å². The fourth-order valence-corrected chi connectivity index (χ4v) is 0.882. The molecule has 0 fully saturated rings. The van der Waals surface area contributed by atoms with Gasteiger partial charge in [-0.25, -0.2) is 0 Å². The molecule has 5 heteroatoms. The zero-order valence-electron chi connectivity index (χ0n) is 7.29. The average Bonchev–Trinajstić information content (AvgIpc) is 2.48. The largest absolute Gasteiger partial charge is 0.351 e. The Balaban J connectivity index is 2.40. The first-order valence-electron chi connectivity index (χ1n) is 3.86. The number of carbonyl (C=O) groups excluding carboxylic acids is 1. The molecule has 68 valence electrons. The van der Waals surface area contributed by atoms with Crippen LogP contribution in [0, 0.1) is 18.3 Å². The van der Waals surface area contributed by atoms with Gasteiger partial charge < -0.3 is 5.32 Å². The molecule has 0 bridgehead atoms. The van der Waals surface area contributed by atoms with Crippen molar-refractivity contribution in [2.45, 2.75) is 19.9 Å². The van der Waals surface area contributed by atoms with Gasteiger partial charge in [0.05, 0.1) is 12.3 Å². The van der Waals surface area contributed by atoms with E-state index in [-0.39, 0.29) is 12.3 Å². The van der Waals surface area contributed by atoms with E-state index in [4.69, 9.17) is 5.26 Å². The summed E-state index contributed by atoms with van der Waals surface area (Å²) in [5.41, 5.74) is 1.86. The Bertz CT molecular complexity index is 336. The summed E-state index contributed by atoms with van der Waals surface area (Å²) >= 11 is 0. The van der Waals surface area contributed by atoms with Gasteiger partial charge in [-0.15, -0.1) is 0 Å². The minimum Gasteiger partial charge on any atom is -0.351 e. The maximum atomic E-state index is 10.9. The molecule has 0 aliphatic carbocycles. The van der Waals surface area contributed by atoms with Gasteiger partial charge in [-0.05, 0) is 6.92 Å². The van der Waals surface area contributed by atoms with Gasteiger partial charge in [0.15, 0.2) is 0 Å². The second-order valence-electron chi connectivity index (χ2n) is 2.63. The average molecular weight is 178 g/mol. The van der Waals surface area contributed by atoms with Crippen LogP contribution in [0.15, 0.2) is 6.20 Å². The van der Waals surface area contributed by atoms with E-state index in [1.807, 2.05) is 6.92 Å². The predicted molar refractivity (Wildman–Crippen MR) is 45.4 cm³/mol. The molecule has 0 saturated carbocycles. The number of aryl methyl sites for hydroxylation is 1. The van der Waals surface area contributed by atoms with Gasteiger partial charge >= 0.3 is 0 Å². The van der Waals surface area contributed by atoms with Crippen LogP contribution in [0.1, 0.15) is 17.7 Å². The van der Waals surface area contributed by atoms with E-state index >= 15 is 0 Å². The monoisotopic (exact) mass is 178 g/mol. The molecule has 0 radical (unpaired) electrons. The number of amides is 1. The first-order valence-corrected chi connectivity index (χ1v) is 3.86. The highest BCUT2D eigenvalue weighted by atomic mass is 16.1. The number of nitrogens with zero attached hydrogens (tertiary/aromatic N) is 2. The van der Waals surface area contributed by atoms with Gasteiger partial charge in [0.1, 0.15) is 6.42 Å². The van der Waals surface area contributed by atoms with Crippen LogP contribution in [0.25, 0.3) is 0 Å². The molecule has 13 heavy (non-hydrogen) atoms. The Labute approximate surface area is 75.8 Å². The van der Waals surface area contributed by atoms with Crippen molar-refractivity contribution in [2.24, 2.45) is 0 Å². The summed E-state index contributed by atoms with van der Waals surface area (Å²) in [5, 5.41) is 17.4. The molecule has 1 aromatic rings. The first-order chi connectivity index (χ1) is 6.24. The van der Waals surface area contributed by atoms with E-state index in [0.717, 1.165) is 11.3 Å². The zero-order chi connectivity index (χ0) is 9.68. The molecule has 1 amide bonds. The van der Waals surface area contributed by atoms with Gasteiger partial charge in [-0.2, -0.15) is 10.4 Å². The first kappa shape index (κ1) is 9.26. The highest BCUT2D eigenvalue weighted by molar-refractivity contribution is 5.77. The molecule has 0 unspecified atom stereocenters. The number of aromatic nitrogens is 2. The Morgan fingerprint density at radius 2 is 2.62 bits per heavy atom. The molecule has 1 aromatic heterocycles. The van der Waals surface area contributed by atoms with Gasteiger partial charge in [0.2, 0.25) is 5.91 Å². The van der Waals surface area contributed by atoms with Crippen LogP contribution in [0.3, 0.4) is 0 Å². The molecular weight excluding hydrogens is 168 g/mol. The molecular formula is C8H10N4O. The fraction of sp³-hybridized carbons (Fsp3) is 0.375. The predicted octanol–water partition coefficient (Wildman–Crippen LogP) is 0.248. The number of carbonyl (C=O) groups is 1. The molecule has 0 aliphatic rings. The lowest BCUT2D eigenvalue weighted by atomic mass is 10.2. The fourth-order valence-electron chi connectivity index (χ4n) is 0.882. The maximum Gasteiger partial charge on any atom is 0.234 e. The second-order valence-corrected chi connectivity index (χ2v) is 2.63. The zero-order valence-corrected chi connectivity index (χ0v) is 7.29. The number of nitriles is 1. The third kappa shape index (κ3) is 2.60. The van der Waals surface area contributed by atoms with Crippen LogP contribution in [0.4, 0.5) is 0 Å². The van der Waals surface area contributed by atoms with Gasteiger partial charge in [-0.1, -0.05) is 0 Å². The van der Waals surface area contributed by atoms with Crippen molar-refractivity contribution in [1.82, 2.24) is 15.5 Å². The molecule has 5 nitrogen and oxygen atoms in total. The van der Waals surface area contributed by atoms with E-state index in [1.54, 1.807) is 12.3 Å². The van der Waals surface area contributed by atoms with Crippen molar-refractivity contribution in [1.29, 1.82) is 5.26 Å². The van der Waals surface area contributed by atoms with Crippen LogP contribution in [-0.2, 0) is 11.3 Å². The molecule has 0 aliphatic heterocycles. The van der Waals surface area contributed by atoms with Crippen molar-refractivity contribution in [2.75, 3.05) is 0 Å². The van der Waals surface area contributed by atoms with Crippen LogP contribution >= 0.6 is 0 Å². The van der Waals surface area contributed by atoms with Gasteiger partial charge in [0, 0.05) is 17.8 Å². The molecule has 1 rings (SSSR count).